The molecule has 0 amide bonds. The van der Waals surface area contributed by atoms with Crippen molar-refractivity contribution in [3.05, 3.63) is 22.0 Å². The molecular formula is C12H16N2S. The zero-order valence-corrected chi connectivity index (χ0v) is 10.5. The van der Waals surface area contributed by atoms with Crippen LogP contribution in [-0.2, 0) is 12.8 Å². The van der Waals surface area contributed by atoms with Crippen LogP contribution in [0.5, 0.6) is 0 Å². The van der Waals surface area contributed by atoms with Gasteiger partial charge in [0.15, 0.2) is 0 Å². The standard InChI is InChI=1S/C12H16N2S/c1-5-9-12-11(7(3)8(4)15-12)14-10(6-2)13-9/h5-6H2,1-4H3. The lowest BCUT2D eigenvalue weighted by atomic mass is 10.2. The SMILES string of the molecule is CCc1nc(CC)c2sc(C)c(C)c2n1. The number of hydrogen-bond donors (Lipinski definition) is 0. The molecule has 2 nitrogen and oxygen atoms in total. The van der Waals surface area contributed by atoms with Crippen molar-refractivity contribution in [1.82, 2.24) is 9.97 Å². The number of rotatable bonds is 2. The van der Waals surface area contributed by atoms with Gasteiger partial charge in [0.2, 0.25) is 0 Å². The number of nitrogens with zero attached hydrogens (tertiary/aromatic N) is 2. The first-order valence-electron chi connectivity index (χ1n) is 5.42. The van der Waals surface area contributed by atoms with E-state index in [-0.39, 0.29) is 0 Å². The first kappa shape index (κ1) is 10.6. The van der Waals surface area contributed by atoms with Crippen LogP contribution in [0.3, 0.4) is 0 Å². The minimum absolute atomic E-state index is 0.914. The monoisotopic (exact) mass is 220 g/mol. The highest BCUT2D eigenvalue weighted by molar-refractivity contribution is 7.19. The van der Waals surface area contributed by atoms with E-state index < -0.39 is 0 Å². The van der Waals surface area contributed by atoms with Crippen molar-refractivity contribution < 1.29 is 0 Å². The van der Waals surface area contributed by atoms with Crippen LogP contribution in [-0.4, -0.2) is 9.97 Å². The van der Waals surface area contributed by atoms with Gasteiger partial charge in [-0.15, -0.1) is 11.3 Å². The van der Waals surface area contributed by atoms with Gasteiger partial charge in [-0.05, 0) is 25.8 Å². The predicted octanol–water partition coefficient (Wildman–Crippen LogP) is 3.43. The third kappa shape index (κ3) is 1.65. The predicted molar refractivity (Wildman–Crippen MR) is 65.6 cm³/mol. The highest BCUT2D eigenvalue weighted by atomic mass is 32.1. The summed E-state index contributed by atoms with van der Waals surface area (Å²) in [6.45, 7) is 8.58. The fourth-order valence-corrected chi connectivity index (χ4v) is 2.86. The molecule has 0 spiro atoms. The molecule has 0 saturated carbocycles. The Morgan fingerprint density at radius 1 is 1.07 bits per heavy atom. The van der Waals surface area contributed by atoms with Crippen molar-refractivity contribution in [3.63, 3.8) is 0 Å². The van der Waals surface area contributed by atoms with Crippen molar-refractivity contribution in [2.75, 3.05) is 0 Å². The van der Waals surface area contributed by atoms with Crippen molar-refractivity contribution >= 4 is 21.6 Å². The maximum Gasteiger partial charge on any atom is 0.129 e. The van der Waals surface area contributed by atoms with Gasteiger partial charge in [0.25, 0.3) is 0 Å². The summed E-state index contributed by atoms with van der Waals surface area (Å²) < 4.78 is 1.28. The summed E-state index contributed by atoms with van der Waals surface area (Å²) in [6.07, 6.45) is 1.91. The van der Waals surface area contributed by atoms with Gasteiger partial charge in [0.1, 0.15) is 5.82 Å². The molecule has 3 heteroatoms. The Kier molecular flexibility index (Phi) is 2.74. The van der Waals surface area contributed by atoms with Crippen molar-refractivity contribution in [2.45, 2.75) is 40.5 Å². The van der Waals surface area contributed by atoms with Crippen LogP contribution in [0.1, 0.15) is 35.8 Å². The fourth-order valence-electron chi connectivity index (χ4n) is 1.70. The lowest BCUT2D eigenvalue weighted by molar-refractivity contribution is 0.914. The Morgan fingerprint density at radius 2 is 1.80 bits per heavy atom. The molecule has 0 N–H and O–H groups in total. The number of aromatic nitrogens is 2. The molecule has 0 atom stereocenters. The van der Waals surface area contributed by atoms with Crippen molar-refractivity contribution in [1.29, 1.82) is 0 Å². The van der Waals surface area contributed by atoms with E-state index in [1.54, 1.807) is 0 Å². The van der Waals surface area contributed by atoms with Gasteiger partial charge >= 0.3 is 0 Å². The summed E-state index contributed by atoms with van der Waals surface area (Å²) in [6, 6.07) is 0. The molecule has 0 radical (unpaired) electrons. The minimum Gasteiger partial charge on any atom is -0.236 e. The Labute approximate surface area is 94.4 Å². The van der Waals surface area contributed by atoms with Crippen LogP contribution in [0.4, 0.5) is 0 Å². The van der Waals surface area contributed by atoms with Crippen molar-refractivity contribution in [3.8, 4) is 0 Å². The zero-order valence-electron chi connectivity index (χ0n) is 9.72. The summed E-state index contributed by atoms with van der Waals surface area (Å²) >= 11 is 1.82. The number of aryl methyl sites for hydroxylation is 4. The van der Waals surface area contributed by atoms with E-state index in [0.717, 1.165) is 18.7 Å². The average Bonchev–Trinajstić information content (AvgIpc) is 2.54. The second kappa shape index (κ2) is 3.89. The molecule has 15 heavy (non-hydrogen) atoms. The first-order valence-corrected chi connectivity index (χ1v) is 6.24. The van der Waals surface area contributed by atoms with Crippen LogP contribution in [0.25, 0.3) is 10.2 Å². The van der Waals surface area contributed by atoms with Crippen LogP contribution < -0.4 is 0 Å². The molecule has 0 aliphatic carbocycles. The van der Waals surface area contributed by atoms with Crippen LogP contribution in [0.15, 0.2) is 0 Å². The number of thiophene rings is 1. The van der Waals surface area contributed by atoms with Gasteiger partial charge in [0, 0.05) is 11.3 Å². The molecule has 2 heterocycles. The number of fused-ring (bicyclic) bond motifs is 1. The van der Waals surface area contributed by atoms with E-state index in [1.807, 2.05) is 11.3 Å². The third-order valence-corrected chi connectivity index (χ3v) is 4.02. The first-order chi connectivity index (χ1) is 7.17. The largest absolute Gasteiger partial charge is 0.236 e. The molecular weight excluding hydrogens is 204 g/mol. The van der Waals surface area contributed by atoms with Gasteiger partial charge in [-0.25, -0.2) is 9.97 Å². The molecule has 2 rings (SSSR count). The molecule has 2 aromatic heterocycles. The third-order valence-electron chi connectivity index (χ3n) is 2.77. The van der Waals surface area contributed by atoms with Gasteiger partial charge in [0.05, 0.1) is 15.9 Å². The summed E-state index contributed by atoms with van der Waals surface area (Å²) in [5, 5.41) is 0. The topological polar surface area (TPSA) is 25.8 Å². The lowest BCUT2D eigenvalue weighted by Crippen LogP contribution is -1.97. The van der Waals surface area contributed by atoms with Gasteiger partial charge in [-0.2, -0.15) is 0 Å². The Morgan fingerprint density at radius 3 is 2.40 bits per heavy atom. The average molecular weight is 220 g/mol. The van der Waals surface area contributed by atoms with E-state index in [0.29, 0.717) is 0 Å². The summed E-state index contributed by atoms with van der Waals surface area (Å²) in [5.41, 5.74) is 3.70. The molecule has 0 bridgehead atoms. The lowest BCUT2D eigenvalue weighted by Gasteiger charge is -2.02. The fraction of sp³-hybridized carbons (Fsp3) is 0.500. The van der Waals surface area contributed by atoms with Crippen molar-refractivity contribution in [2.24, 2.45) is 0 Å². The van der Waals surface area contributed by atoms with Gasteiger partial charge < -0.3 is 0 Å². The smallest absolute Gasteiger partial charge is 0.129 e. The number of hydrogen-bond acceptors (Lipinski definition) is 3. The molecule has 0 fully saturated rings. The molecule has 0 saturated heterocycles. The maximum absolute atomic E-state index is 4.62. The van der Waals surface area contributed by atoms with E-state index in [4.69, 9.17) is 0 Å². The van der Waals surface area contributed by atoms with E-state index >= 15 is 0 Å². The molecule has 80 valence electrons. The quantitative estimate of drug-likeness (QED) is 0.775. The summed E-state index contributed by atoms with van der Waals surface area (Å²) in [7, 11) is 0. The molecule has 0 aliphatic rings. The van der Waals surface area contributed by atoms with Crippen LogP contribution >= 0.6 is 11.3 Å². The van der Waals surface area contributed by atoms with E-state index in [9.17, 15) is 0 Å². The maximum atomic E-state index is 4.62. The zero-order chi connectivity index (χ0) is 11.0. The van der Waals surface area contributed by atoms with E-state index in [2.05, 4.69) is 37.7 Å². The molecule has 0 unspecified atom stereocenters. The van der Waals surface area contributed by atoms with E-state index in [1.165, 1.54) is 26.4 Å². The molecule has 0 aromatic carbocycles. The van der Waals surface area contributed by atoms with Gasteiger partial charge in [-0.3, -0.25) is 0 Å². The second-order valence-electron chi connectivity index (χ2n) is 3.75. The Hall–Kier alpha value is -0.960. The Balaban J connectivity index is 2.80. The molecule has 2 aromatic rings. The Bertz CT molecular complexity index is 500. The summed E-state index contributed by atoms with van der Waals surface area (Å²) in [4.78, 5) is 10.6. The second-order valence-corrected chi connectivity index (χ2v) is 4.98. The summed E-state index contributed by atoms with van der Waals surface area (Å²) in [5.74, 6) is 0.972. The highest BCUT2D eigenvalue weighted by Gasteiger charge is 2.12. The highest BCUT2D eigenvalue weighted by Crippen LogP contribution is 2.30. The minimum atomic E-state index is 0.914. The van der Waals surface area contributed by atoms with Crippen LogP contribution in [0, 0.1) is 13.8 Å². The molecule has 0 aliphatic heterocycles. The normalized spacial score (nSPS) is 11.2. The van der Waals surface area contributed by atoms with Gasteiger partial charge in [-0.1, -0.05) is 13.8 Å². The van der Waals surface area contributed by atoms with Crippen LogP contribution in [0.2, 0.25) is 0 Å².